The summed E-state index contributed by atoms with van der Waals surface area (Å²) in [6.07, 6.45) is 2.95. The van der Waals surface area contributed by atoms with Gasteiger partial charge in [-0.05, 0) is 31.0 Å². The summed E-state index contributed by atoms with van der Waals surface area (Å²) in [4.78, 5) is 28.7. The van der Waals surface area contributed by atoms with Gasteiger partial charge in [0.2, 0.25) is 11.8 Å². The van der Waals surface area contributed by atoms with Gasteiger partial charge >= 0.3 is 0 Å². The molecule has 6 nitrogen and oxygen atoms in total. The summed E-state index contributed by atoms with van der Waals surface area (Å²) in [5.41, 5.74) is 5.18. The van der Waals surface area contributed by atoms with Crippen molar-refractivity contribution in [2.75, 3.05) is 25.0 Å². The van der Waals surface area contributed by atoms with Crippen LogP contribution in [-0.4, -0.2) is 41.3 Å². The van der Waals surface area contributed by atoms with Crippen molar-refractivity contribution in [1.29, 1.82) is 0 Å². The Kier molecular flexibility index (Phi) is 4.46. The van der Waals surface area contributed by atoms with Gasteiger partial charge in [0.25, 0.3) is 0 Å². The van der Waals surface area contributed by atoms with Gasteiger partial charge in [0, 0.05) is 19.2 Å². The van der Waals surface area contributed by atoms with Gasteiger partial charge < -0.3 is 11.1 Å². The number of rotatable bonds is 5. The Morgan fingerprint density at radius 3 is 3.00 bits per heavy atom. The Morgan fingerprint density at radius 1 is 1.47 bits per heavy atom. The molecule has 1 atom stereocenters. The highest BCUT2D eigenvalue weighted by atomic mass is 16.2. The van der Waals surface area contributed by atoms with Crippen molar-refractivity contribution in [1.82, 2.24) is 9.88 Å². The molecular weight excluding hydrogens is 244 g/mol. The molecule has 0 aliphatic carbocycles. The average Bonchev–Trinajstić information content (AvgIpc) is 2.76. The lowest BCUT2D eigenvalue weighted by Gasteiger charge is -2.15. The summed E-state index contributed by atoms with van der Waals surface area (Å²) in [6.45, 7) is 1.90. The molecule has 1 aromatic rings. The van der Waals surface area contributed by atoms with Gasteiger partial charge in [-0.3, -0.25) is 14.5 Å². The second kappa shape index (κ2) is 6.29. The van der Waals surface area contributed by atoms with E-state index in [1.165, 1.54) is 0 Å². The number of hydrogen-bond acceptors (Lipinski definition) is 4. The van der Waals surface area contributed by atoms with Crippen molar-refractivity contribution in [2.45, 2.75) is 12.8 Å². The summed E-state index contributed by atoms with van der Waals surface area (Å²) in [5.74, 6) is 0.476. The quantitative estimate of drug-likeness (QED) is 0.794. The van der Waals surface area contributed by atoms with Crippen LogP contribution in [-0.2, 0) is 9.59 Å². The summed E-state index contributed by atoms with van der Waals surface area (Å²) >= 11 is 0. The minimum absolute atomic E-state index is 0.0848. The van der Waals surface area contributed by atoms with Crippen LogP contribution in [0.2, 0.25) is 0 Å². The average molecular weight is 262 g/mol. The highest BCUT2D eigenvalue weighted by Gasteiger charge is 2.25. The molecule has 0 saturated carbocycles. The fraction of sp³-hybridized carbons (Fsp3) is 0.462. The Balaban J connectivity index is 1.76. The first-order valence-corrected chi connectivity index (χ1v) is 6.35. The van der Waals surface area contributed by atoms with E-state index in [1.54, 1.807) is 18.3 Å². The number of nitrogens with zero attached hydrogens (tertiary/aromatic N) is 2. The van der Waals surface area contributed by atoms with E-state index in [0.29, 0.717) is 18.8 Å². The van der Waals surface area contributed by atoms with E-state index in [1.807, 2.05) is 11.0 Å². The molecule has 1 fully saturated rings. The molecule has 0 spiro atoms. The van der Waals surface area contributed by atoms with E-state index in [2.05, 4.69) is 10.3 Å². The van der Waals surface area contributed by atoms with Gasteiger partial charge in [-0.1, -0.05) is 6.07 Å². The number of aromatic nitrogens is 1. The SMILES string of the molecule is NC(=O)CC1CCN(CC(=O)Nc2ccccn2)C1. The van der Waals surface area contributed by atoms with Crippen LogP contribution in [0.3, 0.4) is 0 Å². The number of carbonyl (C=O) groups excluding carboxylic acids is 2. The maximum absolute atomic E-state index is 11.8. The van der Waals surface area contributed by atoms with E-state index in [4.69, 9.17) is 5.73 Å². The molecule has 19 heavy (non-hydrogen) atoms. The van der Waals surface area contributed by atoms with Crippen LogP contribution >= 0.6 is 0 Å². The topological polar surface area (TPSA) is 88.3 Å². The number of carbonyl (C=O) groups is 2. The normalized spacial score (nSPS) is 19.3. The molecule has 1 unspecified atom stereocenters. The highest BCUT2D eigenvalue weighted by Crippen LogP contribution is 2.18. The first-order valence-electron chi connectivity index (χ1n) is 6.35. The Bertz CT molecular complexity index is 449. The Labute approximate surface area is 112 Å². The molecule has 0 bridgehead atoms. The number of primary amides is 1. The van der Waals surface area contributed by atoms with Crippen LogP contribution < -0.4 is 11.1 Å². The van der Waals surface area contributed by atoms with Crippen molar-refractivity contribution in [3.05, 3.63) is 24.4 Å². The summed E-state index contributed by atoms with van der Waals surface area (Å²) in [6, 6.07) is 5.36. The minimum Gasteiger partial charge on any atom is -0.370 e. The molecule has 2 amide bonds. The van der Waals surface area contributed by atoms with Gasteiger partial charge in [0.15, 0.2) is 0 Å². The number of likely N-dealkylation sites (tertiary alicyclic amines) is 1. The largest absolute Gasteiger partial charge is 0.370 e. The fourth-order valence-corrected chi connectivity index (χ4v) is 2.33. The van der Waals surface area contributed by atoms with Crippen LogP contribution in [0.4, 0.5) is 5.82 Å². The lowest BCUT2D eigenvalue weighted by Crippen LogP contribution is -2.32. The van der Waals surface area contributed by atoms with Crippen molar-refractivity contribution >= 4 is 17.6 Å². The zero-order valence-electron chi connectivity index (χ0n) is 10.7. The third kappa shape index (κ3) is 4.33. The van der Waals surface area contributed by atoms with Crippen LogP contribution in [0.5, 0.6) is 0 Å². The van der Waals surface area contributed by atoms with Crippen molar-refractivity contribution in [3.8, 4) is 0 Å². The third-order valence-electron chi connectivity index (χ3n) is 3.16. The van der Waals surface area contributed by atoms with Crippen LogP contribution in [0.25, 0.3) is 0 Å². The first-order chi connectivity index (χ1) is 9.13. The summed E-state index contributed by atoms with van der Waals surface area (Å²) < 4.78 is 0. The molecule has 6 heteroatoms. The number of nitrogens with two attached hydrogens (primary N) is 1. The summed E-state index contributed by atoms with van der Waals surface area (Å²) in [7, 11) is 0. The third-order valence-corrected chi connectivity index (χ3v) is 3.16. The lowest BCUT2D eigenvalue weighted by atomic mass is 10.1. The van der Waals surface area contributed by atoms with Crippen LogP contribution in [0, 0.1) is 5.92 Å². The Hall–Kier alpha value is -1.95. The zero-order chi connectivity index (χ0) is 13.7. The fourth-order valence-electron chi connectivity index (χ4n) is 2.33. The van der Waals surface area contributed by atoms with Gasteiger partial charge in [-0.25, -0.2) is 4.98 Å². The maximum Gasteiger partial charge on any atom is 0.239 e. The monoisotopic (exact) mass is 262 g/mol. The molecular formula is C13H18N4O2. The Morgan fingerprint density at radius 2 is 2.32 bits per heavy atom. The highest BCUT2D eigenvalue weighted by molar-refractivity contribution is 5.91. The van der Waals surface area contributed by atoms with E-state index in [0.717, 1.165) is 19.5 Å². The molecule has 0 radical (unpaired) electrons. The molecule has 1 aliphatic rings. The van der Waals surface area contributed by atoms with E-state index in [9.17, 15) is 9.59 Å². The lowest BCUT2D eigenvalue weighted by molar-refractivity contribution is -0.118. The van der Waals surface area contributed by atoms with Crippen molar-refractivity contribution in [3.63, 3.8) is 0 Å². The molecule has 1 aromatic heterocycles. The second-order valence-electron chi connectivity index (χ2n) is 4.82. The van der Waals surface area contributed by atoms with Crippen molar-refractivity contribution in [2.24, 2.45) is 11.7 Å². The van der Waals surface area contributed by atoms with Gasteiger partial charge in [-0.15, -0.1) is 0 Å². The molecule has 1 aliphatic heterocycles. The van der Waals surface area contributed by atoms with Crippen molar-refractivity contribution < 1.29 is 9.59 Å². The first kappa shape index (κ1) is 13.5. The predicted octanol–water partition coefficient (Wildman–Crippen LogP) is 0.217. The van der Waals surface area contributed by atoms with Crippen LogP contribution in [0.1, 0.15) is 12.8 Å². The molecule has 102 valence electrons. The van der Waals surface area contributed by atoms with E-state index in [-0.39, 0.29) is 17.7 Å². The summed E-state index contributed by atoms with van der Waals surface area (Å²) in [5, 5.41) is 2.74. The molecule has 2 rings (SSSR count). The number of anilines is 1. The second-order valence-corrected chi connectivity index (χ2v) is 4.82. The minimum atomic E-state index is -0.273. The standard InChI is InChI=1S/C13H18N4O2/c14-11(18)7-10-4-6-17(8-10)9-13(19)16-12-3-1-2-5-15-12/h1-3,5,10H,4,6-9H2,(H2,14,18)(H,15,16,19). The molecule has 1 saturated heterocycles. The smallest absolute Gasteiger partial charge is 0.239 e. The number of amides is 2. The molecule has 2 heterocycles. The number of pyridine rings is 1. The van der Waals surface area contributed by atoms with Gasteiger partial charge in [0.1, 0.15) is 5.82 Å². The van der Waals surface area contributed by atoms with Gasteiger partial charge in [0.05, 0.1) is 6.54 Å². The van der Waals surface area contributed by atoms with E-state index < -0.39 is 0 Å². The number of hydrogen-bond donors (Lipinski definition) is 2. The molecule has 3 N–H and O–H groups in total. The van der Waals surface area contributed by atoms with E-state index >= 15 is 0 Å². The molecule has 0 aromatic carbocycles. The van der Waals surface area contributed by atoms with Crippen LogP contribution in [0.15, 0.2) is 24.4 Å². The predicted molar refractivity (Wildman–Crippen MR) is 71.2 cm³/mol. The zero-order valence-corrected chi connectivity index (χ0v) is 10.7. The van der Waals surface area contributed by atoms with Gasteiger partial charge in [-0.2, -0.15) is 0 Å². The maximum atomic E-state index is 11.8. The number of nitrogens with one attached hydrogen (secondary N) is 1.